The Labute approximate surface area is 178 Å². The summed E-state index contributed by atoms with van der Waals surface area (Å²) in [4.78, 5) is 28.9. The summed E-state index contributed by atoms with van der Waals surface area (Å²) in [7, 11) is -1.43. The van der Waals surface area contributed by atoms with Crippen LogP contribution in [0.5, 0.6) is 5.75 Å². The van der Waals surface area contributed by atoms with E-state index in [0.717, 1.165) is 17.7 Å². The smallest absolute Gasteiger partial charge is 0.326 e. The van der Waals surface area contributed by atoms with E-state index in [1.54, 1.807) is 14.0 Å². The van der Waals surface area contributed by atoms with Gasteiger partial charge in [0.1, 0.15) is 11.3 Å². The molecule has 0 spiro atoms. The third kappa shape index (κ3) is 4.95. The lowest BCUT2D eigenvalue weighted by Gasteiger charge is -2.31. The molecule has 0 radical (unpaired) electrons. The highest BCUT2D eigenvalue weighted by Gasteiger charge is 2.48. The summed E-state index contributed by atoms with van der Waals surface area (Å²) in [5.74, 6) is 0.762. The van der Waals surface area contributed by atoms with Gasteiger partial charge in [-0.25, -0.2) is 18.1 Å². The molecule has 166 valence electrons. The number of amides is 3. The van der Waals surface area contributed by atoms with Gasteiger partial charge in [0.2, 0.25) is 0 Å². The fourth-order valence-corrected chi connectivity index (χ4v) is 5.89. The van der Waals surface area contributed by atoms with Gasteiger partial charge in [-0.15, -0.1) is 0 Å². The van der Waals surface area contributed by atoms with Gasteiger partial charge in [0.15, 0.2) is 9.84 Å². The number of sulfone groups is 1. The van der Waals surface area contributed by atoms with Crippen LogP contribution in [0.4, 0.5) is 4.79 Å². The van der Waals surface area contributed by atoms with Crippen LogP contribution in [-0.4, -0.2) is 73.6 Å². The SMILES string of the molecule is CCCN(CN1C(=O)NC(C)(CCc2ccc(OC)cc2)C1=O)C1CCS(=O)(=O)C1. The van der Waals surface area contributed by atoms with Crippen LogP contribution in [0.1, 0.15) is 38.7 Å². The second kappa shape index (κ2) is 8.93. The van der Waals surface area contributed by atoms with Gasteiger partial charge in [0, 0.05) is 6.04 Å². The fourth-order valence-electron chi connectivity index (χ4n) is 4.13. The van der Waals surface area contributed by atoms with Crippen molar-refractivity contribution in [1.29, 1.82) is 0 Å². The van der Waals surface area contributed by atoms with E-state index in [9.17, 15) is 18.0 Å². The molecule has 1 N–H and O–H groups in total. The molecule has 9 heteroatoms. The van der Waals surface area contributed by atoms with Crippen LogP contribution >= 0.6 is 0 Å². The molecule has 3 rings (SSSR count). The number of urea groups is 1. The Morgan fingerprint density at radius 1 is 1.27 bits per heavy atom. The van der Waals surface area contributed by atoms with E-state index in [2.05, 4.69) is 5.32 Å². The Balaban J connectivity index is 1.66. The largest absolute Gasteiger partial charge is 0.497 e. The summed E-state index contributed by atoms with van der Waals surface area (Å²) >= 11 is 0. The Bertz CT molecular complexity index is 886. The van der Waals surface area contributed by atoms with Crippen LogP contribution in [0, 0.1) is 0 Å². The summed E-state index contributed by atoms with van der Waals surface area (Å²) in [6.45, 7) is 4.51. The molecule has 8 nitrogen and oxygen atoms in total. The number of hydrogen-bond acceptors (Lipinski definition) is 6. The lowest BCUT2D eigenvalue weighted by molar-refractivity contribution is -0.132. The van der Waals surface area contributed by atoms with Gasteiger partial charge >= 0.3 is 6.03 Å². The van der Waals surface area contributed by atoms with Crippen LogP contribution in [0.15, 0.2) is 24.3 Å². The number of ether oxygens (including phenoxy) is 1. The lowest BCUT2D eigenvalue weighted by Crippen LogP contribution is -2.48. The van der Waals surface area contributed by atoms with Gasteiger partial charge in [-0.1, -0.05) is 19.1 Å². The normalized spacial score (nSPS) is 25.7. The minimum atomic E-state index is -3.04. The standard InChI is InChI=1S/C21H31N3O5S/c1-4-12-23(17-10-13-30(27,28)14-17)15-24-19(25)21(2,22-20(24)26)11-9-16-5-7-18(29-3)8-6-16/h5-8,17H,4,9-15H2,1-3H3,(H,22,26). The molecular formula is C21H31N3O5S. The molecule has 30 heavy (non-hydrogen) atoms. The van der Waals surface area contributed by atoms with Crippen LogP contribution in [0.2, 0.25) is 0 Å². The van der Waals surface area contributed by atoms with Gasteiger partial charge in [-0.2, -0.15) is 0 Å². The number of rotatable bonds is 9. The van der Waals surface area contributed by atoms with E-state index in [1.807, 2.05) is 36.1 Å². The molecular weight excluding hydrogens is 406 g/mol. The van der Waals surface area contributed by atoms with Crippen molar-refractivity contribution in [3.05, 3.63) is 29.8 Å². The minimum absolute atomic E-state index is 0.0887. The van der Waals surface area contributed by atoms with Gasteiger partial charge in [-0.05, 0) is 56.8 Å². The molecule has 0 bridgehead atoms. The topological polar surface area (TPSA) is 96.0 Å². The molecule has 1 aromatic rings. The Hall–Kier alpha value is -2.13. The highest BCUT2D eigenvalue weighted by Crippen LogP contribution is 2.26. The summed E-state index contributed by atoms with van der Waals surface area (Å²) in [5.41, 5.74) is 0.0812. The van der Waals surface area contributed by atoms with E-state index in [-0.39, 0.29) is 30.1 Å². The van der Waals surface area contributed by atoms with E-state index in [4.69, 9.17) is 4.74 Å². The molecule has 0 aliphatic carbocycles. The van der Waals surface area contributed by atoms with Crippen LogP contribution in [0.25, 0.3) is 0 Å². The van der Waals surface area contributed by atoms with Gasteiger partial charge < -0.3 is 10.1 Å². The van der Waals surface area contributed by atoms with Crippen molar-refractivity contribution in [2.75, 3.05) is 31.8 Å². The summed E-state index contributed by atoms with van der Waals surface area (Å²) < 4.78 is 28.9. The van der Waals surface area contributed by atoms with Crippen LogP contribution < -0.4 is 10.1 Å². The lowest BCUT2D eigenvalue weighted by atomic mass is 9.93. The molecule has 2 aliphatic rings. The molecule has 2 atom stereocenters. The summed E-state index contributed by atoms with van der Waals surface area (Å²) in [5, 5.41) is 2.85. The quantitative estimate of drug-likeness (QED) is 0.592. The maximum atomic E-state index is 13.1. The average molecular weight is 438 g/mol. The first-order chi connectivity index (χ1) is 14.2. The highest BCUT2D eigenvalue weighted by molar-refractivity contribution is 7.91. The molecule has 2 saturated heterocycles. The number of carbonyl (C=O) groups is 2. The summed E-state index contributed by atoms with van der Waals surface area (Å²) in [6.07, 6.45) is 2.47. The second-order valence-electron chi connectivity index (χ2n) is 8.35. The number of imide groups is 1. The number of benzene rings is 1. The minimum Gasteiger partial charge on any atom is -0.497 e. The van der Waals surface area contributed by atoms with Crippen LogP contribution in [-0.2, 0) is 21.1 Å². The molecule has 2 heterocycles. The third-order valence-corrected chi connectivity index (χ3v) is 7.73. The predicted molar refractivity (Wildman–Crippen MR) is 114 cm³/mol. The number of aryl methyl sites for hydroxylation is 1. The van der Waals surface area contributed by atoms with Crippen molar-refractivity contribution in [2.45, 2.75) is 51.1 Å². The van der Waals surface area contributed by atoms with E-state index < -0.39 is 21.4 Å². The van der Waals surface area contributed by atoms with Crippen molar-refractivity contribution in [1.82, 2.24) is 15.1 Å². The molecule has 1 aromatic carbocycles. The first-order valence-electron chi connectivity index (χ1n) is 10.4. The average Bonchev–Trinajstić information content (AvgIpc) is 3.18. The Morgan fingerprint density at radius 2 is 1.97 bits per heavy atom. The number of nitrogens with one attached hydrogen (secondary N) is 1. The number of nitrogens with zero attached hydrogens (tertiary/aromatic N) is 2. The molecule has 2 aliphatic heterocycles. The highest BCUT2D eigenvalue weighted by atomic mass is 32.2. The van der Waals surface area contributed by atoms with E-state index >= 15 is 0 Å². The first-order valence-corrected chi connectivity index (χ1v) is 12.2. The van der Waals surface area contributed by atoms with Crippen LogP contribution in [0.3, 0.4) is 0 Å². The Kier molecular flexibility index (Phi) is 6.71. The fraction of sp³-hybridized carbons (Fsp3) is 0.619. The van der Waals surface area contributed by atoms with Crippen molar-refractivity contribution in [2.24, 2.45) is 0 Å². The molecule has 3 amide bonds. The molecule has 0 saturated carbocycles. The van der Waals surface area contributed by atoms with Crippen molar-refractivity contribution in [3.8, 4) is 5.75 Å². The monoisotopic (exact) mass is 437 g/mol. The second-order valence-corrected chi connectivity index (χ2v) is 10.6. The maximum absolute atomic E-state index is 13.1. The third-order valence-electron chi connectivity index (χ3n) is 5.98. The van der Waals surface area contributed by atoms with Crippen molar-refractivity contribution >= 4 is 21.8 Å². The molecule has 2 unspecified atom stereocenters. The molecule has 0 aromatic heterocycles. The zero-order chi connectivity index (χ0) is 21.9. The van der Waals surface area contributed by atoms with E-state index in [1.165, 1.54) is 4.90 Å². The van der Waals surface area contributed by atoms with E-state index in [0.29, 0.717) is 25.8 Å². The van der Waals surface area contributed by atoms with Crippen molar-refractivity contribution in [3.63, 3.8) is 0 Å². The Morgan fingerprint density at radius 3 is 2.53 bits per heavy atom. The number of methoxy groups -OCH3 is 1. The molecule has 2 fully saturated rings. The number of carbonyl (C=O) groups excluding carboxylic acids is 2. The maximum Gasteiger partial charge on any atom is 0.326 e. The number of hydrogen-bond donors (Lipinski definition) is 1. The zero-order valence-corrected chi connectivity index (χ0v) is 18.7. The van der Waals surface area contributed by atoms with Gasteiger partial charge in [-0.3, -0.25) is 9.69 Å². The van der Waals surface area contributed by atoms with Gasteiger partial charge in [0.05, 0.1) is 25.3 Å². The first kappa shape index (κ1) is 22.6. The van der Waals surface area contributed by atoms with Gasteiger partial charge in [0.25, 0.3) is 5.91 Å². The zero-order valence-electron chi connectivity index (χ0n) is 17.9. The summed E-state index contributed by atoms with van der Waals surface area (Å²) in [6, 6.07) is 7.07. The predicted octanol–water partition coefficient (Wildman–Crippen LogP) is 1.79. The van der Waals surface area contributed by atoms with Crippen molar-refractivity contribution < 1.29 is 22.7 Å².